The monoisotopic (exact) mass is 356 g/mol. The Balaban J connectivity index is 2.32. The first kappa shape index (κ1) is 21.1. The van der Waals surface area contributed by atoms with Gasteiger partial charge in [0.2, 0.25) is 0 Å². The van der Waals surface area contributed by atoms with Crippen LogP contribution in [0.25, 0.3) is 0 Å². The molecule has 1 atom stereocenters. The van der Waals surface area contributed by atoms with Crippen molar-refractivity contribution >= 4 is 11.6 Å². The van der Waals surface area contributed by atoms with Crippen LogP contribution in [0.4, 0.5) is 0 Å². The number of piperazine rings is 1. The van der Waals surface area contributed by atoms with Crippen molar-refractivity contribution < 1.29 is 9.47 Å². The SMILES string of the molecule is C=C/C(OC)=C(\C=C/C)N1CCN(CCCCOCC(C)Cl)CC1. The van der Waals surface area contributed by atoms with E-state index in [9.17, 15) is 0 Å². The van der Waals surface area contributed by atoms with E-state index in [-0.39, 0.29) is 5.38 Å². The normalized spacial score (nSPS) is 18.6. The molecule has 24 heavy (non-hydrogen) atoms. The summed E-state index contributed by atoms with van der Waals surface area (Å²) >= 11 is 5.86. The average molecular weight is 357 g/mol. The molecule has 0 radical (unpaired) electrons. The second kappa shape index (κ2) is 12.4. The summed E-state index contributed by atoms with van der Waals surface area (Å²) in [6.45, 7) is 14.6. The Labute approximate surface area is 152 Å². The maximum atomic E-state index is 5.86. The van der Waals surface area contributed by atoms with E-state index in [4.69, 9.17) is 21.1 Å². The van der Waals surface area contributed by atoms with Crippen molar-refractivity contribution in [2.45, 2.75) is 32.1 Å². The Morgan fingerprint density at radius 3 is 2.50 bits per heavy atom. The molecule has 1 aliphatic rings. The average Bonchev–Trinajstić information content (AvgIpc) is 2.58. The molecule has 5 heteroatoms. The molecular formula is C19H33ClN2O2. The molecule has 0 saturated carbocycles. The quantitative estimate of drug-likeness (QED) is 0.244. The highest BCUT2D eigenvalue weighted by molar-refractivity contribution is 6.20. The second-order valence-electron chi connectivity index (χ2n) is 6.05. The Morgan fingerprint density at radius 2 is 1.96 bits per heavy atom. The molecule has 4 nitrogen and oxygen atoms in total. The van der Waals surface area contributed by atoms with Crippen LogP contribution >= 0.6 is 11.6 Å². The van der Waals surface area contributed by atoms with Gasteiger partial charge in [0, 0.05) is 32.8 Å². The summed E-state index contributed by atoms with van der Waals surface area (Å²) in [4.78, 5) is 4.90. The first-order valence-corrected chi connectivity index (χ1v) is 9.28. The van der Waals surface area contributed by atoms with Crippen LogP contribution in [0.1, 0.15) is 26.7 Å². The summed E-state index contributed by atoms with van der Waals surface area (Å²) in [5, 5.41) is 0.102. The predicted octanol–water partition coefficient (Wildman–Crippen LogP) is 3.65. The van der Waals surface area contributed by atoms with Crippen molar-refractivity contribution in [3.8, 4) is 0 Å². The fraction of sp³-hybridized carbons (Fsp3) is 0.684. The molecule has 1 unspecified atom stereocenters. The van der Waals surface area contributed by atoms with Gasteiger partial charge in [-0.05, 0) is 45.4 Å². The number of alkyl halides is 1. The molecule has 0 aromatic rings. The van der Waals surface area contributed by atoms with Gasteiger partial charge < -0.3 is 14.4 Å². The van der Waals surface area contributed by atoms with Crippen LogP contribution in [-0.2, 0) is 9.47 Å². The van der Waals surface area contributed by atoms with Crippen molar-refractivity contribution in [3.05, 3.63) is 36.3 Å². The molecule has 1 heterocycles. The predicted molar refractivity (Wildman–Crippen MR) is 102 cm³/mol. The van der Waals surface area contributed by atoms with Crippen molar-refractivity contribution in [3.63, 3.8) is 0 Å². The van der Waals surface area contributed by atoms with Crippen molar-refractivity contribution in [2.24, 2.45) is 0 Å². The Bertz CT molecular complexity index is 414. The third-order valence-corrected chi connectivity index (χ3v) is 4.18. The standard InChI is InChI=1S/C19H33ClN2O2/c1-5-9-18(19(6-2)23-4)22-13-11-21(12-14-22)10-7-8-15-24-16-17(3)20/h5-6,9,17H,2,7-8,10-16H2,1,3-4H3/b9-5-,19-18-. The van der Waals surface area contributed by atoms with E-state index in [1.54, 1.807) is 13.2 Å². The van der Waals surface area contributed by atoms with Crippen LogP contribution in [0.3, 0.4) is 0 Å². The lowest BCUT2D eigenvalue weighted by atomic mass is 10.2. The van der Waals surface area contributed by atoms with Crippen molar-refractivity contribution in [1.29, 1.82) is 0 Å². The van der Waals surface area contributed by atoms with E-state index in [0.29, 0.717) is 6.61 Å². The lowest BCUT2D eigenvalue weighted by molar-refractivity contribution is 0.121. The van der Waals surface area contributed by atoms with E-state index in [1.165, 1.54) is 6.42 Å². The van der Waals surface area contributed by atoms with E-state index >= 15 is 0 Å². The first-order valence-electron chi connectivity index (χ1n) is 8.84. The summed E-state index contributed by atoms with van der Waals surface area (Å²) in [5.41, 5.74) is 1.12. The molecule has 1 saturated heterocycles. The van der Waals surface area contributed by atoms with Gasteiger partial charge in [-0.25, -0.2) is 0 Å². The molecular weight excluding hydrogens is 324 g/mol. The summed E-state index contributed by atoms with van der Waals surface area (Å²) in [7, 11) is 1.70. The smallest absolute Gasteiger partial charge is 0.141 e. The van der Waals surface area contributed by atoms with Crippen LogP contribution < -0.4 is 0 Å². The van der Waals surface area contributed by atoms with Crippen LogP contribution in [0.2, 0.25) is 0 Å². The number of hydrogen-bond acceptors (Lipinski definition) is 4. The van der Waals surface area contributed by atoms with E-state index in [1.807, 2.05) is 19.9 Å². The van der Waals surface area contributed by atoms with E-state index in [2.05, 4.69) is 22.5 Å². The zero-order valence-electron chi connectivity index (χ0n) is 15.5. The second-order valence-corrected chi connectivity index (χ2v) is 6.79. The molecule has 1 rings (SSSR count). The number of hydrogen-bond donors (Lipinski definition) is 0. The fourth-order valence-corrected chi connectivity index (χ4v) is 2.88. The number of halogens is 1. The lowest BCUT2D eigenvalue weighted by Crippen LogP contribution is -2.46. The summed E-state index contributed by atoms with van der Waals surface area (Å²) in [6, 6.07) is 0. The zero-order valence-corrected chi connectivity index (χ0v) is 16.2. The van der Waals surface area contributed by atoms with Gasteiger partial charge in [0.25, 0.3) is 0 Å². The molecule has 1 aliphatic heterocycles. The number of methoxy groups -OCH3 is 1. The Kier molecular flexibility index (Phi) is 10.9. The molecule has 0 bridgehead atoms. The largest absolute Gasteiger partial charge is 0.495 e. The molecule has 0 amide bonds. The number of allylic oxidation sites excluding steroid dienone is 3. The topological polar surface area (TPSA) is 24.9 Å². The van der Waals surface area contributed by atoms with Crippen LogP contribution in [0, 0.1) is 0 Å². The summed E-state index contributed by atoms with van der Waals surface area (Å²) in [6.07, 6.45) is 8.20. The van der Waals surface area contributed by atoms with Gasteiger partial charge in [-0.1, -0.05) is 12.7 Å². The maximum absolute atomic E-state index is 5.86. The van der Waals surface area contributed by atoms with Crippen LogP contribution in [-0.4, -0.2) is 68.2 Å². The number of unbranched alkanes of at least 4 members (excludes halogenated alkanes) is 1. The molecule has 1 fully saturated rings. The van der Waals surface area contributed by atoms with Crippen LogP contribution in [0.15, 0.2) is 36.3 Å². The summed E-state index contributed by atoms with van der Waals surface area (Å²) in [5.74, 6) is 0.840. The van der Waals surface area contributed by atoms with Crippen LogP contribution in [0.5, 0.6) is 0 Å². The highest BCUT2D eigenvalue weighted by atomic mass is 35.5. The fourth-order valence-electron chi connectivity index (χ4n) is 2.79. The van der Waals surface area contributed by atoms with Gasteiger partial charge in [-0.15, -0.1) is 11.6 Å². The molecule has 138 valence electrons. The molecule has 0 N–H and O–H groups in total. The third-order valence-electron chi connectivity index (χ3n) is 4.06. The first-order chi connectivity index (χ1) is 11.6. The van der Waals surface area contributed by atoms with Gasteiger partial charge in [0.15, 0.2) is 0 Å². The van der Waals surface area contributed by atoms with E-state index in [0.717, 1.165) is 57.2 Å². The minimum absolute atomic E-state index is 0.102. The molecule has 0 aromatic heterocycles. The van der Waals surface area contributed by atoms with Crippen molar-refractivity contribution in [1.82, 2.24) is 9.80 Å². The van der Waals surface area contributed by atoms with E-state index < -0.39 is 0 Å². The number of nitrogens with zero attached hydrogens (tertiary/aromatic N) is 2. The van der Waals surface area contributed by atoms with Gasteiger partial charge in [-0.3, -0.25) is 4.90 Å². The third kappa shape index (κ3) is 7.73. The summed E-state index contributed by atoms with van der Waals surface area (Å²) < 4.78 is 11.0. The Morgan fingerprint density at radius 1 is 1.25 bits per heavy atom. The highest BCUT2D eigenvalue weighted by Gasteiger charge is 2.19. The van der Waals surface area contributed by atoms with Crippen molar-refractivity contribution in [2.75, 3.05) is 53.0 Å². The molecule has 0 spiro atoms. The minimum Gasteiger partial charge on any atom is -0.495 e. The Hall–Kier alpha value is -0.970. The number of rotatable bonds is 11. The van der Waals surface area contributed by atoms with Gasteiger partial charge in [0.05, 0.1) is 24.8 Å². The van der Waals surface area contributed by atoms with Gasteiger partial charge in [-0.2, -0.15) is 0 Å². The lowest BCUT2D eigenvalue weighted by Gasteiger charge is -2.37. The molecule has 0 aromatic carbocycles. The van der Waals surface area contributed by atoms with Gasteiger partial charge in [0.1, 0.15) is 5.76 Å². The highest BCUT2D eigenvalue weighted by Crippen LogP contribution is 2.17. The molecule has 0 aliphatic carbocycles. The van der Waals surface area contributed by atoms with Gasteiger partial charge >= 0.3 is 0 Å². The zero-order chi connectivity index (χ0) is 17.8. The number of ether oxygens (including phenoxy) is 2. The minimum atomic E-state index is 0.102. The maximum Gasteiger partial charge on any atom is 0.141 e.